The minimum absolute atomic E-state index is 0. The van der Waals surface area contributed by atoms with Crippen molar-refractivity contribution >= 4 is 65.7 Å². The van der Waals surface area contributed by atoms with Crippen molar-refractivity contribution in [1.82, 2.24) is 20.2 Å². The van der Waals surface area contributed by atoms with Crippen molar-refractivity contribution in [3.63, 3.8) is 0 Å². The summed E-state index contributed by atoms with van der Waals surface area (Å²) in [5, 5.41) is 10.7. The Balaban J connectivity index is 0.00000131. The number of halogens is 3. The number of pyridine rings is 2. The van der Waals surface area contributed by atoms with Crippen molar-refractivity contribution < 1.29 is 4.79 Å². The van der Waals surface area contributed by atoms with Gasteiger partial charge >= 0.3 is 0 Å². The number of aromatic amines is 1. The highest BCUT2D eigenvalue weighted by atomic mass is 35.5. The molecule has 0 radical (unpaired) electrons. The molecule has 11 heteroatoms. The molecule has 0 bridgehead atoms. The monoisotopic (exact) mass is 445 g/mol. The van der Waals surface area contributed by atoms with E-state index in [-0.39, 0.29) is 49.2 Å². The van der Waals surface area contributed by atoms with Crippen LogP contribution in [-0.2, 0) is 0 Å². The first-order chi connectivity index (χ1) is 12.2. The van der Waals surface area contributed by atoms with E-state index in [1.807, 2.05) is 12.1 Å². The molecule has 4 heterocycles. The number of nitrogens with zero attached hydrogens (tertiary/aromatic N) is 4. The Morgan fingerprint density at radius 2 is 1.93 bits per heavy atom. The number of carbonyl (C=O) groups excluding carboxylic acids is 1. The summed E-state index contributed by atoms with van der Waals surface area (Å²) in [6, 6.07) is 5.57. The summed E-state index contributed by atoms with van der Waals surface area (Å²) in [5.74, 6) is 1.07. The predicted octanol–water partition coefficient (Wildman–Crippen LogP) is 2.80. The second-order valence-corrected chi connectivity index (χ2v) is 6.17. The van der Waals surface area contributed by atoms with Crippen LogP contribution in [0.5, 0.6) is 0 Å². The Kier molecular flexibility index (Phi) is 8.90. The van der Waals surface area contributed by atoms with Gasteiger partial charge < -0.3 is 16.0 Å². The first-order valence-corrected chi connectivity index (χ1v) is 8.27. The second kappa shape index (κ2) is 10.4. The first kappa shape index (κ1) is 23.9. The number of amides is 1. The fourth-order valence-corrected chi connectivity index (χ4v) is 3.00. The maximum Gasteiger partial charge on any atom is 0.257 e. The molecule has 152 valence electrons. The summed E-state index contributed by atoms with van der Waals surface area (Å²) in [5.41, 5.74) is 7.27. The molecule has 3 aromatic heterocycles. The van der Waals surface area contributed by atoms with Crippen molar-refractivity contribution in [1.29, 1.82) is 0 Å². The van der Waals surface area contributed by atoms with Crippen LogP contribution in [0.3, 0.4) is 0 Å². The van der Waals surface area contributed by atoms with E-state index in [1.54, 1.807) is 24.7 Å². The quantitative estimate of drug-likeness (QED) is 0.570. The predicted molar refractivity (Wildman–Crippen MR) is 117 cm³/mol. The number of piperidine rings is 1. The van der Waals surface area contributed by atoms with E-state index in [2.05, 4.69) is 30.4 Å². The van der Waals surface area contributed by atoms with Gasteiger partial charge in [0, 0.05) is 42.5 Å². The Morgan fingerprint density at radius 1 is 1.18 bits per heavy atom. The molecule has 0 spiro atoms. The molecule has 4 N–H and O–H groups in total. The van der Waals surface area contributed by atoms with Crippen molar-refractivity contribution in [2.75, 3.05) is 23.3 Å². The average molecular weight is 447 g/mol. The van der Waals surface area contributed by atoms with Gasteiger partial charge in [0.05, 0.1) is 11.7 Å². The molecule has 0 saturated carbocycles. The Morgan fingerprint density at radius 3 is 2.68 bits per heavy atom. The number of anilines is 2. The van der Waals surface area contributed by atoms with Crippen molar-refractivity contribution in [2.45, 2.75) is 18.9 Å². The standard InChI is InChI=1S/C17H19N7O.3ClH/c18-12-3-7-24(8-4-12)15-9-11(1-6-20-15)17(25)21-16-13-2-5-19-10-14(13)22-23-16;;;/h1-2,5-6,9-10,12H,3-4,7-8,18H2,(H2,21,22,23,25);3*1H. The molecule has 8 nitrogen and oxygen atoms in total. The molecule has 3 aromatic rings. The molecule has 28 heavy (non-hydrogen) atoms. The van der Waals surface area contributed by atoms with Crippen molar-refractivity contribution in [2.24, 2.45) is 5.73 Å². The largest absolute Gasteiger partial charge is 0.356 e. The van der Waals surface area contributed by atoms with E-state index in [0.717, 1.165) is 42.7 Å². The molecule has 0 aromatic carbocycles. The highest BCUT2D eigenvalue weighted by Crippen LogP contribution is 2.21. The van der Waals surface area contributed by atoms with Gasteiger partial charge in [-0.25, -0.2) is 4.98 Å². The lowest BCUT2D eigenvalue weighted by molar-refractivity contribution is 0.102. The van der Waals surface area contributed by atoms with Crippen molar-refractivity contribution in [3.8, 4) is 0 Å². The Labute approximate surface area is 180 Å². The van der Waals surface area contributed by atoms with Gasteiger partial charge in [-0.1, -0.05) is 0 Å². The van der Waals surface area contributed by atoms with Gasteiger partial charge in [0.2, 0.25) is 0 Å². The number of H-pyrrole nitrogens is 1. The number of rotatable bonds is 3. The number of aromatic nitrogens is 4. The molecule has 0 aliphatic carbocycles. The van der Waals surface area contributed by atoms with E-state index in [9.17, 15) is 4.79 Å². The van der Waals surface area contributed by atoms with Gasteiger partial charge in [-0.3, -0.25) is 14.9 Å². The third kappa shape index (κ3) is 5.02. The summed E-state index contributed by atoms with van der Waals surface area (Å²) >= 11 is 0. The van der Waals surface area contributed by atoms with E-state index < -0.39 is 0 Å². The van der Waals surface area contributed by atoms with Crippen LogP contribution in [0.2, 0.25) is 0 Å². The Bertz CT molecular complexity index is 912. The molecule has 1 aliphatic heterocycles. The van der Waals surface area contributed by atoms with Crippen LogP contribution in [0.4, 0.5) is 11.6 Å². The highest BCUT2D eigenvalue weighted by Gasteiger charge is 2.19. The summed E-state index contributed by atoms with van der Waals surface area (Å²) in [4.78, 5) is 23.2. The average Bonchev–Trinajstić information content (AvgIpc) is 3.05. The maximum atomic E-state index is 12.6. The minimum atomic E-state index is -0.220. The van der Waals surface area contributed by atoms with E-state index >= 15 is 0 Å². The number of nitrogens with one attached hydrogen (secondary N) is 2. The minimum Gasteiger partial charge on any atom is -0.356 e. The van der Waals surface area contributed by atoms with Crippen LogP contribution >= 0.6 is 37.2 Å². The van der Waals surface area contributed by atoms with Gasteiger partial charge in [0.25, 0.3) is 5.91 Å². The van der Waals surface area contributed by atoms with E-state index in [1.165, 1.54) is 0 Å². The third-order valence-electron chi connectivity index (χ3n) is 4.47. The molecular formula is C17H22Cl3N7O. The highest BCUT2D eigenvalue weighted by molar-refractivity contribution is 6.08. The first-order valence-electron chi connectivity index (χ1n) is 8.27. The summed E-state index contributed by atoms with van der Waals surface area (Å²) in [6.07, 6.45) is 6.87. The van der Waals surface area contributed by atoms with Crippen LogP contribution in [0.15, 0.2) is 36.8 Å². The fourth-order valence-electron chi connectivity index (χ4n) is 3.00. The zero-order valence-corrected chi connectivity index (χ0v) is 17.3. The number of hydrogen-bond acceptors (Lipinski definition) is 6. The molecule has 1 aliphatic rings. The second-order valence-electron chi connectivity index (χ2n) is 6.17. The number of carbonyl (C=O) groups is 1. The van der Waals surface area contributed by atoms with Gasteiger partial charge in [-0.15, -0.1) is 37.2 Å². The number of nitrogens with two attached hydrogens (primary N) is 1. The maximum absolute atomic E-state index is 12.6. The number of hydrogen-bond donors (Lipinski definition) is 3. The molecule has 1 fully saturated rings. The van der Waals surface area contributed by atoms with Crippen LogP contribution in [0.25, 0.3) is 10.9 Å². The summed E-state index contributed by atoms with van der Waals surface area (Å²) < 4.78 is 0. The molecule has 4 rings (SSSR count). The van der Waals surface area contributed by atoms with Gasteiger partial charge in [-0.05, 0) is 31.0 Å². The molecule has 1 saturated heterocycles. The van der Waals surface area contributed by atoms with Crippen LogP contribution < -0.4 is 16.0 Å². The van der Waals surface area contributed by atoms with Gasteiger partial charge in [0.1, 0.15) is 5.82 Å². The van der Waals surface area contributed by atoms with Gasteiger partial charge in [-0.2, -0.15) is 5.10 Å². The zero-order valence-electron chi connectivity index (χ0n) is 14.9. The lowest BCUT2D eigenvalue weighted by atomic mass is 10.1. The molecule has 0 atom stereocenters. The molecular weight excluding hydrogens is 425 g/mol. The smallest absolute Gasteiger partial charge is 0.257 e. The molecule has 0 unspecified atom stereocenters. The fraction of sp³-hybridized carbons (Fsp3) is 0.294. The van der Waals surface area contributed by atoms with Crippen LogP contribution in [0, 0.1) is 0 Å². The van der Waals surface area contributed by atoms with Crippen LogP contribution in [0.1, 0.15) is 23.2 Å². The van der Waals surface area contributed by atoms with Gasteiger partial charge in [0.15, 0.2) is 5.82 Å². The van der Waals surface area contributed by atoms with Crippen molar-refractivity contribution in [3.05, 3.63) is 42.4 Å². The molecule has 1 amide bonds. The topological polar surface area (TPSA) is 113 Å². The summed E-state index contributed by atoms with van der Waals surface area (Å²) in [7, 11) is 0. The number of fused-ring (bicyclic) bond motifs is 1. The zero-order chi connectivity index (χ0) is 17.2. The lowest BCUT2D eigenvalue weighted by Crippen LogP contribution is -2.40. The third-order valence-corrected chi connectivity index (χ3v) is 4.47. The Hall–Kier alpha value is -2.13. The lowest BCUT2D eigenvalue weighted by Gasteiger charge is -2.31. The van der Waals surface area contributed by atoms with E-state index in [0.29, 0.717) is 11.4 Å². The SMILES string of the molecule is Cl.Cl.Cl.NC1CCN(c2cc(C(=O)Nc3n[nH]c4cnccc34)ccn2)CC1. The summed E-state index contributed by atoms with van der Waals surface area (Å²) in [6.45, 7) is 1.71. The van der Waals surface area contributed by atoms with E-state index in [4.69, 9.17) is 5.73 Å². The van der Waals surface area contributed by atoms with Crippen LogP contribution in [-0.4, -0.2) is 45.2 Å². The normalized spacial score (nSPS) is 13.8.